The average Bonchev–Trinajstić information content (AvgIpc) is 3.17. The molecule has 0 unspecified atom stereocenters. The quantitative estimate of drug-likeness (QED) is 0.252. The molecule has 0 saturated carbocycles. The highest BCUT2D eigenvalue weighted by Crippen LogP contribution is 2.38. The molecule has 0 aliphatic carbocycles. The molecule has 1 heteroatoms. The number of para-hydroxylation sites is 1. The lowest BCUT2D eigenvalue weighted by Crippen LogP contribution is -1.94. The summed E-state index contributed by atoms with van der Waals surface area (Å²) < 4.78 is 2.42. The van der Waals surface area contributed by atoms with Crippen LogP contribution in [0.1, 0.15) is 22.3 Å². The third kappa shape index (κ3) is 3.65. The van der Waals surface area contributed by atoms with Gasteiger partial charge in [-0.1, -0.05) is 90.0 Å². The number of hydrogen-bond acceptors (Lipinski definition) is 0. The molecule has 0 amide bonds. The number of nitrogens with zero attached hydrogens (tertiary/aromatic N) is 1. The first kappa shape index (κ1) is 21.4. The van der Waals surface area contributed by atoms with Gasteiger partial charge in [0.1, 0.15) is 0 Å². The van der Waals surface area contributed by atoms with Crippen molar-refractivity contribution in [1.82, 2.24) is 4.57 Å². The summed E-state index contributed by atoms with van der Waals surface area (Å²) in [7, 11) is 0. The molecule has 0 saturated heterocycles. The van der Waals surface area contributed by atoms with E-state index in [1.165, 1.54) is 72.0 Å². The van der Waals surface area contributed by atoms with Crippen LogP contribution in [-0.4, -0.2) is 4.57 Å². The predicted octanol–water partition coefficient (Wildman–Crippen LogP) is 9.35. The fourth-order valence-corrected chi connectivity index (χ4v) is 5.48. The Labute approximate surface area is 207 Å². The molecule has 1 heterocycles. The van der Waals surface area contributed by atoms with Crippen molar-refractivity contribution in [2.24, 2.45) is 0 Å². The van der Waals surface area contributed by atoms with E-state index in [0.717, 1.165) is 0 Å². The van der Waals surface area contributed by atoms with Crippen molar-refractivity contribution in [2.45, 2.75) is 27.7 Å². The Morgan fingerprint density at radius 3 is 1.40 bits per heavy atom. The highest BCUT2D eigenvalue weighted by molar-refractivity contribution is 6.11. The Morgan fingerprint density at radius 1 is 0.457 bits per heavy atom. The van der Waals surface area contributed by atoms with Gasteiger partial charge in [-0.3, -0.25) is 0 Å². The average molecular weight is 452 g/mol. The molecule has 0 N–H and O–H groups in total. The summed E-state index contributed by atoms with van der Waals surface area (Å²) in [5.41, 5.74) is 14.0. The molecule has 1 nitrogen and oxygen atoms in total. The van der Waals surface area contributed by atoms with E-state index in [9.17, 15) is 0 Å². The molecule has 0 aliphatic rings. The minimum absolute atomic E-state index is 1.18. The first-order chi connectivity index (χ1) is 17.0. The standard InChI is InChI=1S/C34H29N/c1-22-10-14-29(24(3)18-22)26-12-16-31-32-17-13-27(30-15-11-23(2)19-25(30)4)21-34(32)35(33(31)20-26)28-8-6-5-7-9-28/h5-21H,1-4H3. The molecule has 170 valence electrons. The molecule has 0 radical (unpaired) electrons. The van der Waals surface area contributed by atoms with Gasteiger partial charge in [-0.2, -0.15) is 0 Å². The maximum absolute atomic E-state index is 2.42. The maximum atomic E-state index is 2.42. The number of rotatable bonds is 3. The number of benzene rings is 5. The SMILES string of the molecule is Cc1ccc(-c2ccc3c4ccc(-c5ccc(C)cc5C)cc4n(-c4ccccc4)c3c2)c(C)c1. The van der Waals surface area contributed by atoms with E-state index in [1.807, 2.05) is 0 Å². The maximum Gasteiger partial charge on any atom is 0.0547 e. The third-order valence-electron chi connectivity index (χ3n) is 7.17. The highest BCUT2D eigenvalue weighted by Gasteiger charge is 2.15. The molecular weight excluding hydrogens is 422 g/mol. The van der Waals surface area contributed by atoms with Crippen LogP contribution in [0, 0.1) is 27.7 Å². The van der Waals surface area contributed by atoms with Crippen LogP contribution in [0.15, 0.2) is 103 Å². The monoisotopic (exact) mass is 451 g/mol. The van der Waals surface area contributed by atoms with Gasteiger partial charge in [0.2, 0.25) is 0 Å². The van der Waals surface area contributed by atoms with E-state index in [1.54, 1.807) is 0 Å². The zero-order chi connectivity index (χ0) is 24.1. The molecule has 0 spiro atoms. The second kappa shape index (κ2) is 8.29. The molecule has 0 fully saturated rings. The Morgan fingerprint density at radius 2 is 0.943 bits per heavy atom. The first-order valence-electron chi connectivity index (χ1n) is 12.3. The second-order valence-corrected chi connectivity index (χ2v) is 9.77. The van der Waals surface area contributed by atoms with Crippen LogP contribution >= 0.6 is 0 Å². The fraction of sp³-hybridized carbons (Fsp3) is 0.118. The van der Waals surface area contributed by atoms with Gasteiger partial charge in [-0.25, -0.2) is 0 Å². The van der Waals surface area contributed by atoms with Crippen LogP contribution in [0.5, 0.6) is 0 Å². The Balaban J connectivity index is 1.65. The van der Waals surface area contributed by atoms with E-state index in [4.69, 9.17) is 0 Å². The van der Waals surface area contributed by atoms with Gasteiger partial charge in [-0.05, 0) is 85.3 Å². The summed E-state index contributed by atoms with van der Waals surface area (Å²) in [6.07, 6.45) is 0. The van der Waals surface area contributed by atoms with Gasteiger partial charge in [0, 0.05) is 16.5 Å². The number of aryl methyl sites for hydroxylation is 4. The number of aromatic nitrogens is 1. The van der Waals surface area contributed by atoms with Crippen LogP contribution in [0.4, 0.5) is 0 Å². The van der Waals surface area contributed by atoms with Crippen LogP contribution in [0.2, 0.25) is 0 Å². The van der Waals surface area contributed by atoms with Crippen molar-refractivity contribution in [3.05, 3.63) is 125 Å². The largest absolute Gasteiger partial charge is 0.309 e. The minimum Gasteiger partial charge on any atom is -0.309 e. The van der Waals surface area contributed by atoms with E-state index in [-0.39, 0.29) is 0 Å². The highest BCUT2D eigenvalue weighted by atomic mass is 15.0. The lowest BCUT2D eigenvalue weighted by atomic mass is 9.96. The van der Waals surface area contributed by atoms with Crippen molar-refractivity contribution < 1.29 is 0 Å². The van der Waals surface area contributed by atoms with E-state index >= 15 is 0 Å². The molecule has 6 aromatic rings. The van der Waals surface area contributed by atoms with Crippen molar-refractivity contribution >= 4 is 21.8 Å². The zero-order valence-electron chi connectivity index (χ0n) is 20.8. The summed E-state index contributed by atoms with van der Waals surface area (Å²) in [4.78, 5) is 0. The van der Waals surface area contributed by atoms with Crippen molar-refractivity contribution in [2.75, 3.05) is 0 Å². The van der Waals surface area contributed by atoms with Gasteiger partial charge in [0.15, 0.2) is 0 Å². The van der Waals surface area contributed by atoms with E-state index in [2.05, 4.69) is 135 Å². The van der Waals surface area contributed by atoms with Gasteiger partial charge >= 0.3 is 0 Å². The Bertz CT molecular complexity index is 1610. The van der Waals surface area contributed by atoms with Gasteiger partial charge < -0.3 is 4.57 Å². The van der Waals surface area contributed by atoms with Gasteiger partial charge in [0.05, 0.1) is 11.0 Å². The van der Waals surface area contributed by atoms with Crippen molar-refractivity contribution in [1.29, 1.82) is 0 Å². The number of hydrogen-bond donors (Lipinski definition) is 0. The van der Waals surface area contributed by atoms with Crippen LogP contribution < -0.4 is 0 Å². The van der Waals surface area contributed by atoms with Crippen LogP contribution in [0.3, 0.4) is 0 Å². The van der Waals surface area contributed by atoms with Gasteiger partial charge in [-0.15, -0.1) is 0 Å². The van der Waals surface area contributed by atoms with E-state index in [0.29, 0.717) is 0 Å². The summed E-state index contributed by atoms with van der Waals surface area (Å²) in [5, 5.41) is 2.56. The molecule has 6 rings (SSSR count). The second-order valence-electron chi connectivity index (χ2n) is 9.77. The van der Waals surface area contributed by atoms with Crippen LogP contribution in [-0.2, 0) is 0 Å². The van der Waals surface area contributed by atoms with E-state index < -0.39 is 0 Å². The summed E-state index contributed by atoms with van der Waals surface area (Å²) in [5.74, 6) is 0. The molecule has 1 aromatic heterocycles. The molecular formula is C34H29N. The zero-order valence-corrected chi connectivity index (χ0v) is 20.8. The molecule has 35 heavy (non-hydrogen) atoms. The van der Waals surface area contributed by atoms with Gasteiger partial charge in [0.25, 0.3) is 0 Å². The van der Waals surface area contributed by atoms with Crippen LogP contribution in [0.25, 0.3) is 49.7 Å². The fourth-order valence-electron chi connectivity index (χ4n) is 5.48. The summed E-state index contributed by atoms with van der Waals surface area (Å²) in [6.45, 7) is 8.71. The number of fused-ring (bicyclic) bond motifs is 3. The third-order valence-corrected chi connectivity index (χ3v) is 7.17. The minimum atomic E-state index is 1.18. The molecule has 5 aromatic carbocycles. The molecule has 0 bridgehead atoms. The lowest BCUT2D eigenvalue weighted by Gasteiger charge is -2.11. The van der Waals surface area contributed by atoms with Crippen molar-refractivity contribution in [3.63, 3.8) is 0 Å². The smallest absolute Gasteiger partial charge is 0.0547 e. The first-order valence-corrected chi connectivity index (χ1v) is 12.3. The molecule has 0 atom stereocenters. The van der Waals surface area contributed by atoms with Crippen molar-refractivity contribution in [3.8, 4) is 27.9 Å². The summed E-state index contributed by atoms with van der Waals surface area (Å²) >= 11 is 0. The lowest BCUT2D eigenvalue weighted by molar-refractivity contribution is 1.18. The Hall–Kier alpha value is -4.10. The Kier molecular flexibility index (Phi) is 5.07. The molecule has 0 aliphatic heterocycles. The summed E-state index contributed by atoms with van der Waals surface area (Å²) in [6, 6.07) is 38.0. The predicted molar refractivity (Wildman–Crippen MR) is 151 cm³/mol. The normalized spacial score (nSPS) is 11.4. The topological polar surface area (TPSA) is 4.93 Å².